The smallest absolute Gasteiger partial charge is 0.446 e. The number of alkyl halides is 3. The Balaban J connectivity index is 1.14. The van der Waals surface area contributed by atoms with Crippen LogP contribution >= 0.6 is 11.8 Å². The molecule has 0 aliphatic carbocycles. The van der Waals surface area contributed by atoms with Crippen molar-refractivity contribution in [3.8, 4) is 5.75 Å². The predicted octanol–water partition coefficient (Wildman–Crippen LogP) is 4.81. The number of aromatic amines is 2. The standard InChI is InChI=1S/C28H22F3N7O6S/c29-28(30,31)45-18-8-3-15(4-9-18)34-26(41)38-25-23(24(32)40)36-21(37-25)11-14-1-6-17(7-2-14)43-13-22(39)33-16-5-10-19-20(12-16)44-27(42)35-19/h1-10,12H,11,13H2,(H2,32,40)(H,33,39)(H,35,42)(H,36,37)(H2,34,38,41). The summed E-state index contributed by atoms with van der Waals surface area (Å²) < 4.78 is 48.1. The van der Waals surface area contributed by atoms with E-state index in [0.717, 1.165) is 5.56 Å². The number of aromatic nitrogens is 3. The minimum absolute atomic E-state index is 0.0484. The highest BCUT2D eigenvalue weighted by Gasteiger charge is 2.29. The Morgan fingerprint density at radius 2 is 1.64 bits per heavy atom. The maximum absolute atomic E-state index is 12.5. The number of benzene rings is 3. The molecule has 0 aliphatic heterocycles. The number of amides is 4. The van der Waals surface area contributed by atoms with Crippen LogP contribution in [0, 0.1) is 0 Å². The molecular weight excluding hydrogens is 619 g/mol. The van der Waals surface area contributed by atoms with Crippen molar-refractivity contribution in [3.05, 3.63) is 94.4 Å². The van der Waals surface area contributed by atoms with Gasteiger partial charge in [0, 0.05) is 28.8 Å². The van der Waals surface area contributed by atoms with E-state index in [0.29, 0.717) is 28.4 Å². The number of fused-ring (bicyclic) bond motifs is 1. The van der Waals surface area contributed by atoms with E-state index < -0.39 is 29.1 Å². The van der Waals surface area contributed by atoms with Gasteiger partial charge in [0.2, 0.25) is 0 Å². The molecule has 0 fully saturated rings. The molecule has 232 valence electrons. The van der Waals surface area contributed by atoms with E-state index in [2.05, 4.69) is 30.9 Å². The fourth-order valence-electron chi connectivity index (χ4n) is 4.06. The maximum atomic E-state index is 12.5. The van der Waals surface area contributed by atoms with Crippen LogP contribution in [0.3, 0.4) is 0 Å². The molecule has 45 heavy (non-hydrogen) atoms. The van der Waals surface area contributed by atoms with Crippen LogP contribution in [0.5, 0.6) is 5.75 Å². The van der Waals surface area contributed by atoms with Gasteiger partial charge in [-0.2, -0.15) is 13.2 Å². The molecule has 5 aromatic rings. The molecule has 17 heteroatoms. The first kappa shape index (κ1) is 30.7. The Kier molecular flexibility index (Phi) is 8.80. The largest absolute Gasteiger partial charge is 0.484 e. The lowest BCUT2D eigenvalue weighted by Crippen LogP contribution is -2.22. The minimum atomic E-state index is -4.44. The zero-order chi connectivity index (χ0) is 32.1. The van der Waals surface area contributed by atoms with Gasteiger partial charge in [0.25, 0.3) is 11.8 Å². The van der Waals surface area contributed by atoms with Crippen molar-refractivity contribution in [2.75, 3.05) is 22.6 Å². The summed E-state index contributed by atoms with van der Waals surface area (Å²) in [7, 11) is 0. The molecule has 0 radical (unpaired) electrons. The molecule has 0 saturated heterocycles. The average Bonchev–Trinajstić information content (AvgIpc) is 3.54. The monoisotopic (exact) mass is 641 g/mol. The van der Waals surface area contributed by atoms with Crippen molar-refractivity contribution in [3.63, 3.8) is 0 Å². The molecule has 5 rings (SSSR count). The maximum Gasteiger partial charge on any atom is 0.446 e. The number of H-pyrrole nitrogens is 2. The number of carbonyl (C=O) groups excluding carboxylic acids is 3. The van der Waals surface area contributed by atoms with Crippen molar-refractivity contribution in [1.29, 1.82) is 0 Å². The third kappa shape index (κ3) is 8.44. The molecule has 0 atom stereocenters. The van der Waals surface area contributed by atoms with E-state index in [-0.39, 0.29) is 46.9 Å². The van der Waals surface area contributed by atoms with Crippen molar-refractivity contribution in [2.45, 2.75) is 16.8 Å². The molecule has 0 saturated carbocycles. The van der Waals surface area contributed by atoms with Crippen LogP contribution in [-0.2, 0) is 11.2 Å². The number of thioether (sulfide) groups is 1. The lowest BCUT2D eigenvalue weighted by Gasteiger charge is -2.09. The molecule has 0 aliphatic rings. The zero-order valence-corrected chi connectivity index (χ0v) is 23.6. The van der Waals surface area contributed by atoms with Gasteiger partial charge in [0.15, 0.2) is 17.9 Å². The summed E-state index contributed by atoms with van der Waals surface area (Å²) >= 11 is -0.282. The lowest BCUT2D eigenvalue weighted by atomic mass is 10.1. The van der Waals surface area contributed by atoms with Crippen LogP contribution in [0.15, 0.2) is 80.8 Å². The summed E-state index contributed by atoms with van der Waals surface area (Å²) in [6.07, 6.45) is 0.209. The number of ether oxygens (including phenoxy) is 1. The Hall–Kier alpha value is -5.71. The fourth-order valence-corrected chi connectivity index (χ4v) is 4.60. The molecule has 2 heterocycles. The van der Waals surface area contributed by atoms with Gasteiger partial charge in [0.05, 0.1) is 5.52 Å². The summed E-state index contributed by atoms with van der Waals surface area (Å²) in [5, 5.41) is 7.53. The van der Waals surface area contributed by atoms with E-state index in [9.17, 15) is 32.3 Å². The van der Waals surface area contributed by atoms with E-state index in [4.69, 9.17) is 14.9 Å². The number of oxazole rings is 1. The van der Waals surface area contributed by atoms with Gasteiger partial charge in [-0.3, -0.25) is 19.9 Å². The number of halogens is 3. The molecule has 0 bridgehead atoms. The Labute approximate surface area is 254 Å². The van der Waals surface area contributed by atoms with Crippen LogP contribution < -0.4 is 32.2 Å². The second-order valence-electron chi connectivity index (χ2n) is 9.31. The van der Waals surface area contributed by atoms with E-state index >= 15 is 0 Å². The second kappa shape index (κ2) is 12.9. The number of hydrogen-bond acceptors (Lipinski definition) is 8. The number of urea groups is 1. The van der Waals surface area contributed by atoms with Gasteiger partial charge in [-0.05, 0) is 65.9 Å². The first-order valence-corrected chi connectivity index (χ1v) is 13.7. The van der Waals surface area contributed by atoms with Crippen LogP contribution in [0.2, 0.25) is 0 Å². The quantitative estimate of drug-likeness (QED) is 0.117. The van der Waals surface area contributed by atoms with Crippen molar-refractivity contribution < 1.29 is 36.7 Å². The zero-order valence-electron chi connectivity index (χ0n) is 22.8. The van der Waals surface area contributed by atoms with Gasteiger partial charge in [0.1, 0.15) is 17.4 Å². The van der Waals surface area contributed by atoms with Crippen LogP contribution in [0.1, 0.15) is 21.9 Å². The van der Waals surface area contributed by atoms with Crippen LogP contribution in [-0.4, -0.2) is 44.9 Å². The van der Waals surface area contributed by atoms with Crippen LogP contribution in [0.4, 0.5) is 35.2 Å². The molecule has 4 amide bonds. The topological polar surface area (TPSA) is 197 Å². The third-order valence-corrected chi connectivity index (χ3v) is 6.68. The Morgan fingerprint density at radius 3 is 2.33 bits per heavy atom. The fraction of sp³-hybridized carbons (Fsp3) is 0.107. The number of imidazole rings is 1. The van der Waals surface area contributed by atoms with Crippen molar-refractivity contribution in [1.82, 2.24) is 15.0 Å². The van der Waals surface area contributed by atoms with Crippen LogP contribution in [0.25, 0.3) is 11.1 Å². The number of nitrogens with zero attached hydrogens (tertiary/aromatic N) is 1. The summed E-state index contributed by atoms with van der Waals surface area (Å²) in [5.41, 5.74) is 2.94. The van der Waals surface area contributed by atoms with E-state index in [1.807, 2.05) is 0 Å². The molecule has 7 N–H and O–H groups in total. The van der Waals surface area contributed by atoms with Gasteiger partial charge in [-0.1, -0.05) is 12.1 Å². The number of primary amides is 1. The highest BCUT2D eigenvalue weighted by Crippen LogP contribution is 2.37. The SMILES string of the molecule is NC(=O)c1nc(Cc2ccc(OCC(=O)Nc3ccc4[nH]c(=O)oc4c3)cc2)[nH]c1NC(=O)Nc1ccc(SC(F)(F)F)cc1. The van der Waals surface area contributed by atoms with Crippen molar-refractivity contribution >= 4 is 57.9 Å². The number of nitrogens with one attached hydrogen (secondary N) is 5. The normalized spacial score (nSPS) is 11.3. The number of hydrogen-bond donors (Lipinski definition) is 6. The number of rotatable bonds is 10. The molecule has 2 aromatic heterocycles. The summed E-state index contributed by atoms with van der Waals surface area (Å²) in [5.74, 6) is -1.30. The Morgan fingerprint density at radius 1 is 0.933 bits per heavy atom. The molecule has 13 nitrogen and oxygen atoms in total. The van der Waals surface area contributed by atoms with Gasteiger partial charge in [-0.25, -0.2) is 14.6 Å². The highest BCUT2D eigenvalue weighted by atomic mass is 32.2. The minimum Gasteiger partial charge on any atom is -0.484 e. The third-order valence-electron chi connectivity index (χ3n) is 5.94. The summed E-state index contributed by atoms with van der Waals surface area (Å²) in [6.45, 7) is -0.289. The lowest BCUT2D eigenvalue weighted by molar-refractivity contribution is -0.118. The summed E-state index contributed by atoms with van der Waals surface area (Å²) in [4.78, 5) is 57.4. The van der Waals surface area contributed by atoms with Gasteiger partial charge < -0.3 is 30.5 Å². The first-order valence-electron chi connectivity index (χ1n) is 12.9. The molecule has 3 aromatic carbocycles. The number of nitrogens with two attached hydrogens (primary N) is 1. The van der Waals surface area contributed by atoms with Gasteiger partial charge in [-0.15, -0.1) is 0 Å². The molecular formula is C28H22F3N7O6S. The average molecular weight is 642 g/mol. The molecule has 0 unspecified atom stereocenters. The second-order valence-corrected chi connectivity index (χ2v) is 10.4. The first-order chi connectivity index (χ1) is 21.4. The summed E-state index contributed by atoms with van der Waals surface area (Å²) in [6, 6.07) is 15.6. The van der Waals surface area contributed by atoms with Gasteiger partial charge >= 0.3 is 17.3 Å². The Bertz CT molecular complexity index is 1920. The molecule has 0 spiro atoms. The van der Waals surface area contributed by atoms with Crippen molar-refractivity contribution in [2.24, 2.45) is 5.73 Å². The highest BCUT2D eigenvalue weighted by molar-refractivity contribution is 8.00. The predicted molar refractivity (Wildman–Crippen MR) is 158 cm³/mol. The number of carbonyl (C=O) groups is 3. The number of anilines is 3. The van der Waals surface area contributed by atoms with E-state index in [1.165, 1.54) is 30.3 Å². The van der Waals surface area contributed by atoms with E-state index in [1.54, 1.807) is 36.4 Å².